The molecule has 9 N–H and O–H groups in total. The van der Waals surface area contributed by atoms with Gasteiger partial charge in [0.2, 0.25) is 17.5 Å². The summed E-state index contributed by atoms with van der Waals surface area (Å²) in [6, 6.07) is 13.5. The molecule has 0 saturated carbocycles. The van der Waals surface area contributed by atoms with Crippen LogP contribution in [0.1, 0.15) is 54.2 Å². The number of Topliss-reactive ketones (excluding diaryl/α,β-unsaturated/α-hetero) is 3. The van der Waals surface area contributed by atoms with Crippen LogP contribution >= 0.6 is 21.6 Å². The van der Waals surface area contributed by atoms with Gasteiger partial charge in [0.1, 0.15) is 25.0 Å². The van der Waals surface area contributed by atoms with Crippen molar-refractivity contribution in [3.8, 4) is 0 Å². The number of carbonyl (C=O) groups is 6. The summed E-state index contributed by atoms with van der Waals surface area (Å²) in [5, 5.41) is 6.04. The zero-order chi connectivity index (χ0) is 53.0. The molecule has 2 fully saturated rings. The van der Waals surface area contributed by atoms with Crippen molar-refractivity contribution in [2.45, 2.75) is 68.5 Å². The number of carbonyl (C=O) groups excluding carboxylic acids is 10. The van der Waals surface area contributed by atoms with Crippen LogP contribution in [-0.4, -0.2) is 128 Å². The number of fused-ring (bicyclic) bond motifs is 5. The van der Waals surface area contributed by atoms with Crippen LogP contribution in [0.4, 0.5) is 21.2 Å². The Labute approximate surface area is 421 Å². The van der Waals surface area contributed by atoms with Crippen molar-refractivity contribution in [2.24, 2.45) is 17.4 Å². The fraction of sp³-hybridized carbons (Fsp3) is 0.348. The van der Waals surface area contributed by atoms with Crippen molar-refractivity contribution < 1.29 is 62.2 Å². The maximum absolute atomic E-state index is 13.4. The number of rotatable bonds is 19. The second-order valence-electron chi connectivity index (χ2n) is 16.3. The fourth-order valence-electron chi connectivity index (χ4n) is 8.73. The molecule has 0 spiro atoms. The first-order valence-corrected chi connectivity index (χ1v) is 24.4. The first-order valence-electron chi connectivity index (χ1n) is 22.1. The number of allylic oxidation sites excluding steroid dienone is 2. The van der Waals surface area contributed by atoms with E-state index in [1.165, 1.54) is 25.1 Å². The van der Waals surface area contributed by atoms with Gasteiger partial charge in [-0.3, -0.25) is 33.9 Å². The van der Waals surface area contributed by atoms with E-state index in [-0.39, 0.29) is 96.0 Å². The number of H-pyrrole nitrogens is 1. The highest BCUT2D eigenvalue weighted by Gasteiger charge is 2.78. The van der Waals surface area contributed by atoms with Crippen molar-refractivity contribution in [1.29, 1.82) is 0 Å². The predicted octanol–water partition coefficient (Wildman–Crippen LogP) is 1.75. The highest BCUT2D eigenvalue weighted by Crippen LogP contribution is 2.60. The van der Waals surface area contributed by atoms with E-state index in [0.29, 0.717) is 43.5 Å². The van der Waals surface area contributed by atoms with Gasteiger partial charge in [-0.1, -0.05) is 33.7 Å². The number of hydrogen-bond donors (Lipinski definition) is 6. The number of piperazine rings is 1. The third-order valence-corrected chi connectivity index (χ3v) is 14.5. The lowest BCUT2D eigenvalue weighted by Gasteiger charge is -2.40. The summed E-state index contributed by atoms with van der Waals surface area (Å²) in [6.07, 6.45) is 2.39. The van der Waals surface area contributed by atoms with Gasteiger partial charge in [-0.05, 0) is 61.7 Å². The lowest BCUT2D eigenvalue weighted by molar-refractivity contribution is -0.193. The van der Waals surface area contributed by atoms with Crippen molar-refractivity contribution in [1.82, 2.24) is 35.1 Å². The number of methoxy groups -OCH3 is 1. The van der Waals surface area contributed by atoms with Crippen LogP contribution < -0.4 is 33.4 Å². The van der Waals surface area contributed by atoms with Crippen LogP contribution in [0.25, 0.3) is 11.2 Å². The number of anilines is 2. The number of ketones is 3. The molecule has 1 aliphatic carbocycles. The minimum Gasteiger partial charge on any atom is -0.449 e. The zero-order valence-electron chi connectivity index (χ0n) is 39.0. The fourth-order valence-corrected chi connectivity index (χ4v) is 10.8. The Kier molecular flexibility index (Phi) is 18.0. The highest BCUT2D eigenvalue weighted by atomic mass is 33.1. The third-order valence-electron chi connectivity index (χ3n) is 12.0. The summed E-state index contributed by atoms with van der Waals surface area (Å²) >= 11 is 0. The van der Waals surface area contributed by atoms with Crippen molar-refractivity contribution in [3.05, 3.63) is 104 Å². The van der Waals surface area contributed by atoms with Gasteiger partial charge in [-0.15, -0.1) is 0 Å². The summed E-state index contributed by atoms with van der Waals surface area (Å²) in [5.74, 6) is -1.31. The number of aromatic amines is 1. The zero-order valence-corrected chi connectivity index (χ0v) is 40.6. The van der Waals surface area contributed by atoms with Crippen LogP contribution in [0.5, 0.6) is 0 Å². The Balaban J connectivity index is 0.00000138. The van der Waals surface area contributed by atoms with Crippen LogP contribution in [0.3, 0.4) is 0 Å². The Bertz CT molecular complexity index is 2980. The lowest BCUT2D eigenvalue weighted by atomic mass is 9.82. The highest BCUT2D eigenvalue weighted by molar-refractivity contribution is 8.76. The number of primary amides is 1. The SMILES string of the molecule is CO[C@@]12[C@H](COC(N)=O)C3=C(C(=O)C(C)=C(N)C3=O)N1C[C@H]1[C@@H]2N1C(=O)OCc1ccc(SSCCCC(=O)CCCNC(=O)c2ccc(NCc3cnc4nc(N)[nH]c(=O)c4n3)cc2)cc1.O=C=O.O=C=O. The standard InChI is InChI=1S/C44H47N11O10S2.2CO2/c1-22-32(45)36(58)31-29(21-64-42(47)61)44(63-2)37-30(19-54(44)34(31)35(22)57)55(37)43(62)65-20-23-7-13-28(14-8-23)67-66-16-4-6-27(56)5-3-15-48-39(59)24-9-11-25(12-10-24)49-17-26-18-50-38-33(51-26)40(60)53-41(46)52-38;2*2-1-3/h7-14,18,29-30,37,49H,3-6,15-17,19-21,45H2,1-2H3,(H2,47,61)(H,48,59)(H3,46,50,52,53,60);;/t29-,30+,37+,44-,55?;;/m1../s1. The second-order valence-corrected chi connectivity index (χ2v) is 18.8. The molecule has 382 valence electrons. The summed E-state index contributed by atoms with van der Waals surface area (Å²) in [6.45, 7) is 1.96. The number of aromatic nitrogens is 4. The van der Waals surface area contributed by atoms with E-state index >= 15 is 0 Å². The normalized spacial score (nSPS) is 19.0. The summed E-state index contributed by atoms with van der Waals surface area (Å²) in [4.78, 5) is 141. The minimum absolute atomic E-state index is 0.000525. The van der Waals surface area contributed by atoms with E-state index < -0.39 is 47.0 Å². The Morgan fingerprint density at radius 3 is 2.29 bits per heavy atom. The monoisotopic (exact) mass is 1040 g/mol. The molecule has 4 aliphatic rings. The summed E-state index contributed by atoms with van der Waals surface area (Å²) < 4.78 is 16.9. The van der Waals surface area contributed by atoms with Crippen molar-refractivity contribution in [3.63, 3.8) is 0 Å². The van der Waals surface area contributed by atoms with Gasteiger partial charge < -0.3 is 46.9 Å². The number of benzene rings is 2. The topological polar surface area (TPSA) is 378 Å². The molecule has 2 aromatic heterocycles. The average Bonchev–Trinajstić information content (AvgIpc) is 3.89. The van der Waals surface area contributed by atoms with Gasteiger partial charge in [0.05, 0.1) is 41.8 Å². The van der Waals surface area contributed by atoms with E-state index in [1.807, 2.05) is 24.3 Å². The predicted molar refractivity (Wildman–Crippen MR) is 256 cm³/mol. The van der Waals surface area contributed by atoms with E-state index in [0.717, 1.165) is 21.9 Å². The molecule has 2 aromatic carbocycles. The minimum atomic E-state index is -1.39. The van der Waals surface area contributed by atoms with Crippen LogP contribution in [0.2, 0.25) is 0 Å². The molecule has 27 heteroatoms. The molecule has 3 aliphatic heterocycles. The average molecular weight is 1040 g/mol. The number of ether oxygens (including phenoxy) is 3. The number of nitrogens with zero attached hydrogens (tertiary/aromatic N) is 5. The summed E-state index contributed by atoms with van der Waals surface area (Å²) in [5.41, 5.74) is 17.9. The van der Waals surface area contributed by atoms with Crippen LogP contribution in [0.15, 0.2) is 87.0 Å². The quantitative estimate of drug-likeness (QED) is 0.0337. The second kappa shape index (κ2) is 24.3. The lowest BCUT2D eigenvalue weighted by Crippen LogP contribution is -2.56. The van der Waals surface area contributed by atoms with Gasteiger partial charge >= 0.3 is 24.5 Å². The molecular weight excluding hydrogens is 995 g/mol. The van der Waals surface area contributed by atoms with Crippen molar-refractivity contribution >= 4 is 92.1 Å². The molecule has 0 radical (unpaired) electrons. The van der Waals surface area contributed by atoms with Gasteiger partial charge in [0.25, 0.3) is 11.5 Å². The molecule has 8 rings (SSSR count). The smallest absolute Gasteiger partial charge is 0.410 e. The van der Waals surface area contributed by atoms with Crippen LogP contribution in [0, 0.1) is 5.92 Å². The van der Waals surface area contributed by atoms with Gasteiger partial charge in [-0.2, -0.15) is 24.2 Å². The molecule has 25 nitrogen and oxygen atoms in total. The van der Waals surface area contributed by atoms with Crippen LogP contribution in [-0.2, 0) is 60.9 Å². The molecule has 3 amide bonds. The third kappa shape index (κ3) is 12.1. The van der Waals surface area contributed by atoms with E-state index in [4.69, 9.17) is 50.6 Å². The molecule has 5 heterocycles. The molecule has 4 atom stereocenters. The number of hydrogen-bond acceptors (Lipinski definition) is 23. The largest absolute Gasteiger partial charge is 0.449 e. The maximum Gasteiger partial charge on any atom is 0.410 e. The number of nitrogens with one attached hydrogen (secondary N) is 3. The van der Waals surface area contributed by atoms with E-state index in [2.05, 4.69) is 30.6 Å². The van der Waals surface area contributed by atoms with E-state index in [9.17, 15) is 33.6 Å². The molecule has 0 unspecified atom stereocenters. The van der Waals surface area contributed by atoms with Crippen molar-refractivity contribution in [2.75, 3.05) is 43.6 Å². The molecule has 4 aromatic rings. The Morgan fingerprint density at radius 2 is 1.62 bits per heavy atom. The Morgan fingerprint density at radius 1 is 0.932 bits per heavy atom. The molecule has 73 heavy (non-hydrogen) atoms. The number of nitrogen functional groups attached to an aromatic ring is 1. The molecule has 0 bridgehead atoms. The Hall–Kier alpha value is -8.22. The van der Waals surface area contributed by atoms with Gasteiger partial charge in [0.15, 0.2) is 16.9 Å². The summed E-state index contributed by atoms with van der Waals surface area (Å²) in [7, 11) is 4.62. The number of amides is 3. The molecule has 2 saturated heterocycles. The number of nitrogens with two attached hydrogens (primary N) is 3. The first kappa shape index (κ1) is 54.1. The van der Waals surface area contributed by atoms with Gasteiger partial charge in [-0.25, -0.2) is 19.6 Å². The van der Waals surface area contributed by atoms with Gasteiger partial charge in [0, 0.05) is 66.1 Å². The maximum atomic E-state index is 13.4. The van der Waals surface area contributed by atoms with E-state index in [1.54, 1.807) is 50.8 Å². The first-order chi connectivity index (χ1) is 35.0. The molecular formula is C46H47N11O14S2.